The fraction of sp³-hybridized carbons (Fsp3) is 0.357. The summed E-state index contributed by atoms with van der Waals surface area (Å²) in [4.78, 5) is 0. The SMILES string of the molecule is CCC(CC(CC(C)c1ccc(CP)cc1)c1ccc(C)cc1)c1ccccc1. The number of hydrogen-bond acceptors (Lipinski definition) is 0. The minimum absolute atomic E-state index is 0.549. The molecule has 0 heterocycles. The molecular weight excluding hydrogens is 367 g/mol. The van der Waals surface area contributed by atoms with Crippen LogP contribution >= 0.6 is 9.24 Å². The Morgan fingerprint density at radius 2 is 1.28 bits per heavy atom. The molecule has 0 fully saturated rings. The summed E-state index contributed by atoms with van der Waals surface area (Å²) >= 11 is 0. The molecule has 0 saturated heterocycles. The Balaban J connectivity index is 1.83. The van der Waals surface area contributed by atoms with E-state index in [-0.39, 0.29) is 0 Å². The van der Waals surface area contributed by atoms with E-state index in [1.165, 1.54) is 47.1 Å². The molecule has 1 heteroatoms. The normalized spacial score (nSPS) is 14.3. The molecule has 3 aromatic carbocycles. The Kier molecular flexibility index (Phi) is 8.08. The largest absolute Gasteiger partial charge is 0.133 e. The second-order valence-corrected chi connectivity index (χ2v) is 8.85. The molecule has 0 radical (unpaired) electrons. The fourth-order valence-corrected chi connectivity index (χ4v) is 4.63. The minimum atomic E-state index is 0.549. The molecule has 0 N–H and O–H groups in total. The topological polar surface area (TPSA) is 0 Å². The van der Waals surface area contributed by atoms with E-state index in [4.69, 9.17) is 0 Å². The maximum atomic E-state index is 2.81. The lowest BCUT2D eigenvalue weighted by Gasteiger charge is -2.27. The predicted molar refractivity (Wildman–Crippen MR) is 131 cm³/mol. The highest BCUT2D eigenvalue weighted by atomic mass is 31.0. The third-order valence-corrected chi connectivity index (χ3v) is 6.78. The first-order chi connectivity index (χ1) is 14.1. The van der Waals surface area contributed by atoms with Gasteiger partial charge in [-0.25, -0.2) is 0 Å². The average Bonchev–Trinajstić information content (AvgIpc) is 2.77. The van der Waals surface area contributed by atoms with Crippen molar-refractivity contribution in [3.05, 3.63) is 107 Å². The zero-order valence-electron chi connectivity index (χ0n) is 18.1. The van der Waals surface area contributed by atoms with Gasteiger partial charge in [0.2, 0.25) is 0 Å². The van der Waals surface area contributed by atoms with Crippen LogP contribution in [0.2, 0.25) is 0 Å². The smallest absolute Gasteiger partial charge is 0.0128 e. The van der Waals surface area contributed by atoms with Gasteiger partial charge in [0, 0.05) is 0 Å². The first kappa shape index (κ1) is 21.8. The lowest BCUT2D eigenvalue weighted by molar-refractivity contribution is 0.467. The fourth-order valence-electron chi connectivity index (χ4n) is 4.36. The van der Waals surface area contributed by atoms with Gasteiger partial charge in [-0.2, -0.15) is 0 Å². The summed E-state index contributed by atoms with van der Waals surface area (Å²) in [5, 5.41) is 0. The highest BCUT2D eigenvalue weighted by Gasteiger charge is 2.21. The Morgan fingerprint density at radius 1 is 0.690 bits per heavy atom. The van der Waals surface area contributed by atoms with Crippen molar-refractivity contribution in [1.29, 1.82) is 0 Å². The van der Waals surface area contributed by atoms with Crippen molar-refractivity contribution >= 4 is 9.24 Å². The van der Waals surface area contributed by atoms with Crippen LogP contribution < -0.4 is 0 Å². The van der Waals surface area contributed by atoms with E-state index in [0.717, 1.165) is 6.16 Å². The van der Waals surface area contributed by atoms with Crippen LogP contribution in [0.15, 0.2) is 78.9 Å². The summed E-state index contributed by atoms with van der Waals surface area (Å²) in [6.07, 6.45) is 4.60. The van der Waals surface area contributed by atoms with E-state index in [1.807, 2.05) is 0 Å². The molecule has 0 saturated carbocycles. The molecule has 0 nitrogen and oxygen atoms in total. The molecule has 0 aliphatic rings. The first-order valence-corrected chi connectivity index (χ1v) is 11.8. The molecule has 3 rings (SSSR count). The Morgan fingerprint density at radius 3 is 1.86 bits per heavy atom. The summed E-state index contributed by atoms with van der Waals surface area (Å²) in [5.74, 6) is 1.72. The van der Waals surface area contributed by atoms with Crippen molar-refractivity contribution in [2.45, 2.75) is 63.9 Å². The summed E-state index contributed by atoms with van der Waals surface area (Å²) in [7, 11) is 2.81. The third kappa shape index (κ3) is 6.03. The van der Waals surface area contributed by atoms with Gasteiger partial charge in [-0.1, -0.05) is 98.3 Å². The maximum Gasteiger partial charge on any atom is -0.0128 e. The van der Waals surface area contributed by atoms with Crippen molar-refractivity contribution < 1.29 is 0 Å². The number of benzene rings is 3. The Bertz CT molecular complexity index is 849. The standard InChI is InChI=1S/C28H35P/c1-4-24(26-8-6-5-7-9-26)19-28(27-14-10-21(2)11-15-27)18-22(3)25-16-12-23(20-29)13-17-25/h5-17,22,24,28H,4,18-20,29H2,1-3H3. The highest BCUT2D eigenvalue weighted by Crippen LogP contribution is 2.38. The van der Waals surface area contributed by atoms with Crippen molar-refractivity contribution in [2.75, 3.05) is 0 Å². The number of hydrogen-bond donors (Lipinski definition) is 0. The molecule has 0 aliphatic heterocycles. The van der Waals surface area contributed by atoms with Crippen molar-refractivity contribution in [3.8, 4) is 0 Å². The van der Waals surface area contributed by atoms with Crippen LogP contribution in [0.3, 0.4) is 0 Å². The highest BCUT2D eigenvalue weighted by molar-refractivity contribution is 7.15. The summed E-state index contributed by atoms with van der Waals surface area (Å²) in [6, 6.07) is 29.5. The molecular formula is C28H35P. The van der Waals surface area contributed by atoms with E-state index >= 15 is 0 Å². The van der Waals surface area contributed by atoms with Gasteiger partial charge >= 0.3 is 0 Å². The van der Waals surface area contributed by atoms with Crippen LogP contribution in [0.4, 0.5) is 0 Å². The zero-order valence-corrected chi connectivity index (χ0v) is 19.3. The lowest BCUT2D eigenvalue weighted by Crippen LogP contribution is -2.10. The molecule has 0 aromatic heterocycles. The molecule has 0 bridgehead atoms. The summed E-state index contributed by atoms with van der Waals surface area (Å²) in [6.45, 7) is 6.89. The molecule has 0 amide bonds. The van der Waals surface area contributed by atoms with E-state index in [2.05, 4.69) is 109 Å². The Labute approximate surface area is 180 Å². The minimum Gasteiger partial charge on any atom is -0.133 e. The molecule has 152 valence electrons. The van der Waals surface area contributed by atoms with Crippen molar-refractivity contribution in [1.82, 2.24) is 0 Å². The summed E-state index contributed by atoms with van der Waals surface area (Å²) in [5.41, 5.74) is 7.14. The average molecular weight is 403 g/mol. The molecule has 0 spiro atoms. The van der Waals surface area contributed by atoms with E-state index in [1.54, 1.807) is 0 Å². The second-order valence-electron chi connectivity index (χ2n) is 8.44. The molecule has 3 aromatic rings. The summed E-state index contributed by atoms with van der Waals surface area (Å²) < 4.78 is 0. The zero-order chi connectivity index (χ0) is 20.6. The third-order valence-electron chi connectivity index (χ3n) is 6.30. The maximum absolute atomic E-state index is 2.81. The van der Waals surface area contributed by atoms with Gasteiger partial charge in [0.1, 0.15) is 0 Å². The lowest BCUT2D eigenvalue weighted by atomic mass is 9.78. The monoisotopic (exact) mass is 402 g/mol. The quantitative estimate of drug-likeness (QED) is 0.316. The van der Waals surface area contributed by atoms with Gasteiger partial charge in [0.05, 0.1) is 0 Å². The van der Waals surface area contributed by atoms with Gasteiger partial charge in [-0.05, 0) is 72.4 Å². The van der Waals surface area contributed by atoms with E-state index < -0.39 is 0 Å². The number of rotatable bonds is 9. The second kappa shape index (κ2) is 10.7. The molecule has 4 unspecified atom stereocenters. The van der Waals surface area contributed by atoms with Gasteiger partial charge in [0.15, 0.2) is 0 Å². The Hall–Kier alpha value is -1.91. The van der Waals surface area contributed by atoms with Crippen LogP contribution in [0.5, 0.6) is 0 Å². The van der Waals surface area contributed by atoms with Crippen molar-refractivity contribution in [3.63, 3.8) is 0 Å². The van der Waals surface area contributed by atoms with Crippen LogP contribution in [0.25, 0.3) is 0 Å². The molecule has 0 aliphatic carbocycles. The van der Waals surface area contributed by atoms with Crippen molar-refractivity contribution in [2.24, 2.45) is 0 Å². The first-order valence-electron chi connectivity index (χ1n) is 11.0. The predicted octanol–water partition coefficient (Wildman–Crippen LogP) is 8.23. The van der Waals surface area contributed by atoms with Crippen LogP contribution in [-0.2, 0) is 6.16 Å². The number of aryl methyl sites for hydroxylation is 1. The van der Waals surface area contributed by atoms with Gasteiger partial charge in [0.25, 0.3) is 0 Å². The van der Waals surface area contributed by atoms with Gasteiger partial charge in [-0.15, -0.1) is 9.24 Å². The molecule has 29 heavy (non-hydrogen) atoms. The van der Waals surface area contributed by atoms with Gasteiger partial charge in [-0.3, -0.25) is 0 Å². The van der Waals surface area contributed by atoms with Gasteiger partial charge < -0.3 is 0 Å². The molecule has 4 atom stereocenters. The van der Waals surface area contributed by atoms with Crippen LogP contribution in [0.1, 0.15) is 78.7 Å². The van der Waals surface area contributed by atoms with Crippen LogP contribution in [0, 0.1) is 6.92 Å². The van der Waals surface area contributed by atoms with E-state index in [0.29, 0.717) is 17.8 Å². The van der Waals surface area contributed by atoms with Crippen LogP contribution in [-0.4, -0.2) is 0 Å². The van der Waals surface area contributed by atoms with E-state index in [9.17, 15) is 0 Å².